The Morgan fingerprint density at radius 1 is 1.32 bits per heavy atom. The van der Waals surface area contributed by atoms with Crippen molar-refractivity contribution in [1.29, 1.82) is 0 Å². The average molecular weight is 415 g/mol. The van der Waals surface area contributed by atoms with Gasteiger partial charge in [0.2, 0.25) is 6.41 Å². The molecule has 0 aliphatic carbocycles. The molecule has 2 N–H and O–H groups in total. The number of aliphatic carboxylic acids is 1. The van der Waals surface area contributed by atoms with Crippen molar-refractivity contribution in [2.24, 2.45) is 0 Å². The number of ether oxygens (including phenoxy) is 1. The van der Waals surface area contributed by atoms with Crippen LogP contribution in [0.1, 0.15) is 13.8 Å². The average Bonchev–Trinajstić information content (AvgIpc) is 2.84. The molecule has 1 aromatic carbocycles. The minimum Gasteiger partial charge on any atom is -0.545 e. The largest absolute Gasteiger partial charge is 1.00 e. The molecule has 1 aromatic rings. The van der Waals surface area contributed by atoms with Crippen LogP contribution < -0.4 is 50.0 Å². The van der Waals surface area contributed by atoms with Crippen molar-refractivity contribution in [3.05, 3.63) is 30.3 Å². The fraction of sp³-hybridized carbons (Fsp3) is 0.412. The van der Waals surface area contributed by atoms with Crippen molar-refractivity contribution in [2.75, 3.05) is 6.61 Å². The van der Waals surface area contributed by atoms with E-state index >= 15 is 0 Å². The molecule has 0 saturated carbocycles. The van der Waals surface area contributed by atoms with Crippen LogP contribution in [0.25, 0.3) is 0 Å². The summed E-state index contributed by atoms with van der Waals surface area (Å²) in [7, 11) is 0. The van der Waals surface area contributed by atoms with Gasteiger partial charge in [0.15, 0.2) is 12.3 Å². The van der Waals surface area contributed by atoms with E-state index in [2.05, 4.69) is 10.6 Å². The van der Waals surface area contributed by atoms with Gasteiger partial charge in [-0.1, -0.05) is 18.2 Å². The fourth-order valence-corrected chi connectivity index (χ4v) is 5.07. The number of hydrogen-bond donors (Lipinski definition) is 2. The first kappa shape index (κ1) is 22.5. The van der Waals surface area contributed by atoms with Gasteiger partial charge in [-0.05, 0) is 26.0 Å². The number of nitrogens with zero attached hydrogens (tertiary/aromatic N) is 1. The number of nitrogens with one attached hydrogen (secondary N) is 2. The number of carboxylic acids is 1. The molecule has 2 aliphatic rings. The molecule has 0 bridgehead atoms. The molecular formula is C17H18N3NaO6S. The molecule has 0 spiro atoms. The summed E-state index contributed by atoms with van der Waals surface area (Å²) in [6.07, 6.45) is 0.230. The van der Waals surface area contributed by atoms with Crippen LogP contribution in [0.3, 0.4) is 0 Å². The van der Waals surface area contributed by atoms with E-state index in [-0.39, 0.29) is 42.6 Å². The van der Waals surface area contributed by atoms with Crippen LogP contribution in [0, 0.1) is 0 Å². The topological polar surface area (TPSA) is 128 Å². The van der Waals surface area contributed by atoms with Crippen molar-refractivity contribution in [3.63, 3.8) is 0 Å². The molecule has 2 heterocycles. The maximum atomic E-state index is 12.5. The molecule has 3 atom stereocenters. The molecule has 28 heavy (non-hydrogen) atoms. The summed E-state index contributed by atoms with van der Waals surface area (Å²) in [5, 5.41) is 16.0. The van der Waals surface area contributed by atoms with Crippen LogP contribution in [-0.2, 0) is 19.2 Å². The summed E-state index contributed by atoms with van der Waals surface area (Å²) in [5.74, 6) is -2.19. The van der Waals surface area contributed by atoms with E-state index in [1.807, 2.05) is 6.07 Å². The van der Waals surface area contributed by atoms with Crippen molar-refractivity contribution < 1.29 is 58.6 Å². The van der Waals surface area contributed by atoms with Crippen LogP contribution in [0.5, 0.6) is 5.75 Å². The van der Waals surface area contributed by atoms with E-state index in [4.69, 9.17) is 4.74 Å². The maximum Gasteiger partial charge on any atom is 1.00 e. The zero-order valence-electron chi connectivity index (χ0n) is 15.6. The molecule has 3 rings (SSSR count). The SMILES string of the molecule is CC1(C)S[C@@H]2[C@H](NC(=O)COc3ccccc3)C(=O)N2[C@@]1(NC=O)C(=O)[O-].[Na+]. The van der Waals surface area contributed by atoms with Gasteiger partial charge < -0.3 is 25.3 Å². The summed E-state index contributed by atoms with van der Waals surface area (Å²) >= 11 is 1.17. The normalized spacial score (nSPS) is 26.9. The van der Waals surface area contributed by atoms with E-state index in [1.165, 1.54) is 11.8 Å². The van der Waals surface area contributed by atoms with Crippen molar-refractivity contribution in [1.82, 2.24) is 15.5 Å². The third kappa shape index (κ3) is 3.49. The number of rotatable bonds is 7. The summed E-state index contributed by atoms with van der Waals surface area (Å²) in [6, 6.07) is 7.81. The van der Waals surface area contributed by atoms with Gasteiger partial charge in [-0.3, -0.25) is 19.3 Å². The number of fused-ring (bicyclic) bond motifs is 1. The molecule has 2 aliphatic heterocycles. The van der Waals surface area contributed by atoms with Crippen LogP contribution in [0.2, 0.25) is 0 Å². The first-order chi connectivity index (χ1) is 12.7. The van der Waals surface area contributed by atoms with E-state index in [1.54, 1.807) is 38.1 Å². The number of para-hydroxylation sites is 1. The van der Waals surface area contributed by atoms with Gasteiger partial charge in [0.25, 0.3) is 11.8 Å². The Balaban J connectivity index is 0.00000280. The van der Waals surface area contributed by atoms with Crippen LogP contribution in [-0.4, -0.2) is 57.5 Å². The molecule has 2 fully saturated rings. The molecule has 3 amide bonds. The minimum atomic E-state index is -1.98. The van der Waals surface area contributed by atoms with Gasteiger partial charge in [-0.15, -0.1) is 11.8 Å². The Morgan fingerprint density at radius 2 is 1.96 bits per heavy atom. The van der Waals surface area contributed by atoms with Gasteiger partial charge in [0.05, 0.1) is 10.7 Å². The zero-order valence-corrected chi connectivity index (χ0v) is 18.4. The predicted octanol–water partition coefficient (Wildman–Crippen LogP) is -4.56. The van der Waals surface area contributed by atoms with Gasteiger partial charge in [0, 0.05) is 0 Å². The molecule has 0 unspecified atom stereocenters. The van der Waals surface area contributed by atoms with E-state index in [9.17, 15) is 24.3 Å². The smallest absolute Gasteiger partial charge is 0.545 e. The fourth-order valence-electron chi connectivity index (χ4n) is 3.36. The second kappa shape index (κ2) is 8.32. The monoisotopic (exact) mass is 415 g/mol. The Morgan fingerprint density at radius 3 is 2.54 bits per heavy atom. The van der Waals surface area contributed by atoms with Crippen molar-refractivity contribution in [3.8, 4) is 5.75 Å². The summed E-state index contributed by atoms with van der Waals surface area (Å²) in [5.41, 5.74) is -1.98. The molecule has 11 heteroatoms. The molecule has 0 radical (unpaired) electrons. The number of carbonyl (C=O) groups is 4. The second-order valence-corrected chi connectivity index (χ2v) is 8.37. The number of carbonyl (C=O) groups excluding carboxylic acids is 4. The molecule has 0 aromatic heterocycles. The first-order valence-electron chi connectivity index (χ1n) is 8.15. The van der Waals surface area contributed by atoms with Crippen LogP contribution >= 0.6 is 11.8 Å². The zero-order chi connectivity index (χ0) is 19.8. The summed E-state index contributed by atoms with van der Waals surface area (Å²) in [4.78, 5) is 48.5. The van der Waals surface area contributed by atoms with Crippen LogP contribution in [0.4, 0.5) is 0 Å². The predicted molar refractivity (Wildman–Crippen MR) is 93.1 cm³/mol. The van der Waals surface area contributed by atoms with Gasteiger partial charge in [-0.25, -0.2) is 0 Å². The molecular weight excluding hydrogens is 397 g/mol. The minimum absolute atomic E-state index is 0. The molecule has 144 valence electrons. The number of β-lactam (4-membered cyclic amide) rings is 1. The third-order valence-corrected chi connectivity index (χ3v) is 6.29. The standard InChI is InChI=1S/C17H19N3O6S.Na/c1-16(2)17(15(24)25,18-9-21)20-13(23)12(14(20)27-16)19-11(22)8-26-10-6-4-3-5-7-10;/h3-7,9,12,14H,8H2,1-2H3,(H,18,21)(H,19,22)(H,24,25);/q;+1/p-1/t12-,14-,17+;/m1./s1. The Labute approximate surface area is 187 Å². The quantitative estimate of drug-likeness (QED) is 0.261. The van der Waals surface area contributed by atoms with Gasteiger partial charge >= 0.3 is 29.6 Å². The van der Waals surface area contributed by atoms with Gasteiger partial charge in [0.1, 0.15) is 17.2 Å². The number of thioether (sulfide) groups is 1. The maximum absolute atomic E-state index is 12.5. The number of amides is 3. The third-order valence-electron chi connectivity index (χ3n) is 4.68. The van der Waals surface area contributed by atoms with Gasteiger partial charge in [-0.2, -0.15) is 0 Å². The second-order valence-electron chi connectivity index (χ2n) is 6.63. The molecule has 9 nitrogen and oxygen atoms in total. The Kier molecular flexibility index (Phi) is 6.70. The summed E-state index contributed by atoms with van der Waals surface area (Å²) < 4.78 is 4.27. The Hall–Kier alpha value is -1.75. The van der Waals surface area contributed by atoms with Crippen molar-refractivity contribution >= 4 is 36.0 Å². The number of carboxylic acid groups (broad SMARTS) is 1. The first-order valence-corrected chi connectivity index (χ1v) is 9.03. The Bertz CT molecular complexity index is 792. The van der Waals surface area contributed by atoms with Crippen molar-refractivity contribution in [2.45, 2.75) is 35.7 Å². The van der Waals surface area contributed by atoms with E-state index < -0.39 is 39.6 Å². The number of benzene rings is 1. The summed E-state index contributed by atoms with van der Waals surface area (Å²) in [6.45, 7) is 2.90. The van der Waals surface area contributed by atoms with Crippen LogP contribution in [0.15, 0.2) is 30.3 Å². The molecule has 2 saturated heterocycles. The number of hydrogen-bond acceptors (Lipinski definition) is 7. The van der Waals surface area contributed by atoms with E-state index in [0.717, 1.165) is 4.90 Å². The van der Waals surface area contributed by atoms with E-state index in [0.29, 0.717) is 5.75 Å².